The van der Waals surface area contributed by atoms with Gasteiger partial charge in [0.15, 0.2) is 5.52 Å². The van der Waals surface area contributed by atoms with Crippen LogP contribution < -0.4 is 4.73 Å². The second-order valence-corrected chi connectivity index (χ2v) is 5.91. The van der Waals surface area contributed by atoms with Gasteiger partial charge in [-0.1, -0.05) is 51.2 Å². The standard InChI is InChI=1S/C18H23N3O/c1-2-3-4-5-6-9-12-20-14-19-16-13-21(22)17-11-8-7-10-15(17)18(16)20/h7-8,10-11,13-14H,2-6,9,12H2,1H3. The van der Waals surface area contributed by atoms with Gasteiger partial charge in [-0.3, -0.25) is 0 Å². The molecule has 2 heterocycles. The predicted octanol–water partition coefficient (Wildman–Crippen LogP) is 4.18. The van der Waals surface area contributed by atoms with Gasteiger partial charge in [0, 0.05) is 12.6 Å². The van der Waals surface area contributed by atoms with Crippen molar-refractivity contribution < 1.29 is 4.73 Å². The summed E-state index contributed by atoms with van der Waals surface area (Å²) < 4.78 is 3.11. The van der Waals surface area contributed by atoms with E-state index in [9.17, 15) is 5.21 Å². The highest BCUT2D eigenvalue weighted by Gasteiger charge is 2.13. The van der Waals surface area contributed by atoms with Crippen molar-refractivity contribution in [3.05, 3.63) is 42.0 Å². The Morgan fingerprint density at radius 3 is 2.73 bits per heavy atom. The number of nitrogens with zero attached hydrogens (tertiary/aromatic N) is 3. The Bertz CT molecular complexity index is 763. The Kier molecular flexibility index (Phi) is 4.56. The summed E-state index contributed by atoms with van der Waals surface area (Å²) in [6.45, 7) is 3.21. The molecule has 0 N–H and O–H groups in total. The van der Waals surface area contributed by atoms with Gasteiger partial charge >= 0.3 is 0 Å². The number of rotatable bonds is 7. The van der Waals surface area contributed by atoms with E-state index in [0.29, 0.717) is 5.52 Å². The maximum absolute atomic E-state index is 12.0. The number of para-hydroxylation sites is 1. The van der Waals surface area contributed by atoms with E-state index in [1.54, 1.807) is 6.20 Å². The van der Waals surface area contributed by atoms with E-state index in [4.69, 9.17) is 0 Å². The van der Waals surface area contributed by atoms with E-state index in [0.717, 1.165) is 34.1 Å². The largest absolute Gasteiger partial charge is 0.618 e. The van der Waals surface area contributed by atoms with Crippen LogP contribution in [0.1, 0.15) is 45.4 Å². The highest BCUT2D eigenvalue weighted by Crippen LogP contribution is 2.22. The summed E-state index contributed by atoms with van der Waals surface area (Å²) >= 11 is 0. The molecule has 22 heavy (non-hydrogen) atoms. The zero-order valence-corrected chi connectivity index (χ0v) is 13.2. The monoisotopic (exact) mass is 297 g/mol. The fraction of sp³-hybridized carbons (Fsp3) is 0.444. The number of aryl methyl sites for hydroxylation is 1. The van der Waals surface area contributed by atoms with Gasteiger partial charge in [-0.15, -0.1) is 0 Å². The molecule has 0 aliphatic rings. The van der Waals surface area contributed by atoms with Gasteiger partial charge < -0.3 is 9.77 Å². The predicted molar refractivity (Wildman–Crippen MR) is 89.6 cm³/mol. The minimum absolute atomic E-state index is 0.708. The Hall–Kier alpha value is -2.10. The van der Waals surface area contributed by atoms with E-state index in [-0.39, 0.29) is 0 Å². The van der Waals surface area contributed by atoms with Gasteiger partial charge in [0.25, 0.3) is 0 Å². The minimum atomic E-state index is 0.708. The molecule has 0 spiro atoms. The Morgan fingerprint density at radius 1 is 1.09 bits per heavy atom. The molecule has 0 aliphatic heterocycles. The van der Waals surface area contributed by atoms with E-state index in [1.165, 1.54) is 32.1 Å². The molecular formula is C18H23N3O. The number of fused-ring (bicyclic) bond motifs is 3. The zero-order valence-electron chi connectivity index (χ0n) is 13.2. The summed E-state index contributed by atoms with van der Waals surface area (Å²) in [5, 5.41) is 13.0. The molecule has 0 aliphatic carbocycles. The lowest BCUT2D eigenvalue weighted by Crippen LogP contribution is -2.26. The molecule has 0 fully saturated rings. The van der Waals surface area contributed by atoms with Crippen molar-refractivity contribution in [2.24, 2.45) is 0 Å². The van der Waals surface area contributed by atoms with Crippen LogP contribution in [0.4, 0.5) is 0 Å². The molecule has 0 saturated carbocycles. The normalized spacial score (nSPS) is 11.5. The van der Waals surface area contributed by atoms with E-state index in [2.05, 4.69) is 16.5 Å². The van der Waals surface area contributed by atoms with Crippen molar-refractivity contribution >= 4 is 21.9 Å². The number of hydrogen-bond donors (Lipinski definition) is 0. The molecule has 4 nitrogen and oxygen atoms in total. The molecule has 0 unspecified atom stereocenters. The van der Waals surface area contributed by atoms with Gasteiger partial charge in [-0.05, 0) is 12.5 Å². The third kappa shape index (κ3) is 2.91. The number of hydrogen-bond acceptors (Lipinski definition) is 2. The van der Waals surface area contributed by atoms with Crippen molar-refractivity contribution in [3.8, 4) is 0 Å². The first kappa shape index (κ1) is 14.8. The Morgan fingerprint density at radius 2 is 1.86 bits per heavy atom. The highest BCUT2D eigenvalue weighted by atomic mass is 16.5. The molecule has 0 radical (unpaired) electrons. The number of aromatic nitrogens is 3. The average Bonchev–Trinajstić information content (AvgIpc) is 2.94. The van der Waals surface area contributed by atoms with Gasteiger partial charge in [-0.25, -0.2) is 4.98 Å². The number of imidazole rings is 1. The first-order chi connectivity index (χ1) is 10.8. The highest BCUT2D eigenvalue weighted by molar-refractivity contribution is 6.00. The third-order valence-corrected chi connectivity index (χ3v) is 4.25. The molecule has 0 atom stereocenters. The average molecular weight is 297 g/mol. The van der Waals surface area contributed by atoms with Crippen LogP contribution in [0.15, 0.2) is 36.8 Å². The second-order valence-electron chi connectivity index (χ2n) is 5.91. The first-order valence-electron chi connectivity index (χ1n) is 8.27. The van der Waals surface area contributed by atoms with Crippen molar-refractivity contribution in [3.63, 3.8) is 0 Å². The van der Waals surface area contributed by atoms with Crippen LogP contribution in [0.2, 0.25) is 0 Å². The number of pyridine rings is 1. The summed E-state index contributed by atoms with van der Waals surface area (Å²) in [5.74, 6) is 0. The van der Waals surface area contributed by atoms with Crippen LogP contribution in [0.25, 0.3) is 21.9 Å². The number of unbranched alkanes of at least 4 members (excludes halogenated alkanes) is 5. The zero-order chi connectivity index (χ0) is 15.4. The van der Waals surface area contributed by atoms with Gasteiger partial charge in [-0.2, -0.15) is 4.73 Å². The molecule has 1 aromatic carbocycles. The molecular weight excluding hydrogens is 274 g/mol. The molecule has 3 aromatic rings. The molecule has 3 rings (SSSR count). The fourth-order valence-corrected chi connectivity index (χ4v) is 3.06. The summed E-state index contributed by atoms with van der Waals surface area (Å²) in [5.41, 5.74) is 2.57. The van der Waals surface area contributed by atoms with Crippen LogP contribution in [-0.2, 0) is 6.54 Å². The van der Waals surface area contributed by atoms with E-state index >= 15 is 0 Å². The fourth-order valence-electron chi connectivity index (χ4n) is 3.06. The van der Waals surface area contributed by atoms with E-state index in [1.807, 2.05) is 30.6 Å². The maximum Gasteiger partial charge on any atom is 0.226 e. The summed E-state index contributed by atoms with van der Waals surface area (Å²) in [7, 11) is 0. The topological polar surface area (TPSA) is 44.8 Å². The quantitative estimate of drug-likeness (QED) is 0.373. The molecule has 0 amide bonds. The molecule has 4 heteroatoms. The first-order valence-corrected chi connectivity index (χ1v) is 8.27. The maximum atomic E-state index is 12.0. The molecule has 0 saturated heterocycles. The molecule has 116 valence electrons. The lowest BCUT2D eigenvalue weighted by Gasteiger charge is -2.07. The lowest BCUT2D eigenvalue weighted by molar-refractivity contribution is -0.575. The third-order valence-electron chi connectivity index (χ3n) is 4.25. The molecule has 2 aromatic heterocycles. The van der Waals surface area contributed by atoms with Crippen molar-refractivity contribution in [1.82, 2.24) is 9.55 Å². The summed E-state index contributed by atoms with van der Waals surface area (Å²) in [6, 6.07) is 7.75. The van der Waals surface area contributed by atoms with Crippen LogP contribution in [0.5, 0.6) is 0 Å². The smallest absolute Gasteiger partial charge is 0.226 e. The van der Waals surface area contributed by atoms with Crippen molar-refractivity contribution in [1.29, 1.82) is 0 Å². The number of benzene rings is 1. The second kappa shape index (κ2) is 6.77. The summed E-state index contributed by atoms with van der Waals surface area (Å²) in [6.07, 6.45) is 11.1. The van der Waals surface area contributed by atoms with E-state index < -0.39 is 0 Å². The van der Waals surface area contributed by atoms with Crippen molar-refractivity contribution in [2.75, 3.05) is 0 Å². The SMILES string of the molecule is CCCCCCCCn1cnc2c[n+]([O-])c3ccccc3c21. The van der Waals surface area contributed by atoms with Gasteiger partial charge in [0.05, 0.1) is 17.2 Å². The Labute approximate surface area is 131 Å². The van der Waals surface area contributed by atoms with Gasteiger partial charge in [0.2, 0.25) is 11.7 Å². The lowest BCUT2D eigenvalue weighted by atomic mass is 10.1. The van der Waals surface area contributed by atoms with Crippen LogP contribution in [0.3, 0.4) is 0 Å². The summed E-state index contributed by atoms with van der Waals surface area (Å²) in [4.78, 5) is 4.40. The van der Waals surface area contributed by atoms with Crippen molar-refractivity contribution in [2.45, 2.75) is 52.0 Å². The van der Waals surface area contributed by atoms with Gasteiger partial charge in [0.1, 0.15) is 0 Å². The van der Waals surface area contributed by atoms with Crippen LogP contribution in [0, 0.1) is 5.21 Å². The Balaban J connectivity index is 1.81. The minimum Gasteiger partial charge on any atom is -0.618 e. The molecule has 0 bridgehead atoms. The van der Waals surface area contributed by atoms with Crippen LogP contribution >= 0.6 is 0 Å². The van der Waals surface area contributed by atoms with Crippen LogP contribution in [-0.4, -0.2) is 9.55 Å².